The maximum atomic E-state index is 11.8. The van der Waals surface area contributed by atoms with E-state index in [9.17, 15) is 4.79 Å². The minimum absolute atomic E-state index is 0.193. The van der Waals surface area contributed by atoms with E-state index in [1.165, 1.54) is 13.4 Å². The molecule has 1 unspecified atom stereocenters. The van der Waals surface area contributed by atoms with Gasteiger partial charge in [-0.3, -0.25) is 0 Å². The van der Waals surface area contributed by atoms with Gasteiger partial charge in [-0.2, -0.15) is 0 Å². The fourth-order valence-corrected chi connectivity index (χ4v) is 2.00. The molecule has 2 aliphatic rings. The third kappa shape index (κ3) is 5.50. The summed E-state index contributed by atoms with van der Waals surface area (Å²) in [7, 11) is 2.36. The van der Waals surface area contributed by atoms with E-state index in [1.807, 2.05) is 20.8 Å². The lowest BCUT2D eigenvalue weighted by molar-refractivity contribution is -0.728. The molecule has 0 amide bonds. The highest BCUT2D eigenvalue weighted by atomic mass is 16.6. The van der Waals surface area contributed by atoms with Gasteiger partial charge in [-0.25, -0.2) is 9.63 Å². The molecular weight excluding hydrogens is 288 g/mol. The largest absolute Gasteiger partial charge is 0.465 e. The Kier molecular flexibility index (Phi) is 10.8. The first-order valence-electron chi connectivity index (χ1n) is 7.26. The van der Waals surface area contributed by atoms with Crippen LogP contribution in [0.4, 0.5) is 0 Å². The summed E-state index contributed by atoms with van der Waals surface area (Å²) in [6.07, 6.45) is 4.68. The highest BCUT2D eigenvalue weighted by Gasteiger charge is 2.27. The predicted molar refractivity (Wildman–Crippen MR) is 82.8 cm³/mol. The van der Waals surface area contributed by atoms with Gasteiger partial charge in [0, 0.05) is 19.7 Å². The SMILES string of the molecule is CC.CO.COC(=O)C1=C(N2CCOCC2C)C=[NH+]OC=C1. The van der Waals surface area contributed by atoms with Gasteiger partial charge in [0.15, 0.2) is 6.26 Å². The Hall–Kier alpha value is -1.86. The monoisotopic (exact) mass is 315 g/mol. The fraction of sp³-hybridized carbons (Fsp3) is 0.600. The summed E-state index contributed by atoms with van der Waals surface area (Å²) in [6.45, 7) is 8.05. The molecule has 2 heterocycles. The molecule has 7 heteroatoms. The molecule has 0 aliphatic carbocycles. The van der Waals surface area contributed by atoms with E-state index in [-0.39, 0.29) is 12.0 Å². The Bertz CT molecular complexity index is 418. The molecule has 7 nitrogen and oxygen atoms in total. The van der Waals surface area contributed by atoms with Crippen molar-refractivity contribution in [3.8, 4) is 0 Å². The zero-order valence-corrected chi connectivity index (χ0v) is 14.0. The van der Waals surface area contributed by atoms with Crippen molar-refractivity contribution in [2.75, 3.05) is 34.0 Å². The molecule has 0 aromatic carbocycles. The zero-order chi connectivity index (χ0) is 17.0. The fourth-order valence-electron chi connectivity index (χ4n) is 2.00. The third-order valence-electron chi connectivity index (χ3n) is 2.92. The van der Waals surface area contributed by atoms with Crippen molar-refractivity contribution < 1.29 is 29.4 Å². The van der Waals surface area contributed by atoms with Crippen LogP contribution in [0.15, 0.2) is 23.6 Å². The van der Waals surface area contributed by atoms with E-state index in [4.69, 9.17) is 19.4 Å². The molecule has 1 atom stereocenters. The van der Waals surface area contributed by atoms with Crippen molar-refractivity contribution in [2.45, 2.75) is 26.8 Å². The summed E-state index contributed by atoms with van der Waals surface area (Å²) in [5, 5.41) is 9.66. The minimum atomic E-state index is -0.386. The second kappa shape index (κ2) is 11.8. The molecule has 2 rings (SSSR count). The second-order valence-electron chi connectivity index (χ2n) is 4.09. The Morgan fingerprint density at radius 2 is 2.14 bits per heavy atom. The summed E-state index contributed by atoms with van der Waals surface area (Å²) in [5.74, 6) is -0.386. The number of nitrogens with one attached hydrogen (secondary N) is 1. The van der Waals surface area contributed by atoms with Crippen LogP contribution in [0.3, 0.4) is 0 Å². The Balaban J connectivity index is 0.00000102. The molecule has 0 radical (unpaired) electrons. The van der Waals surface area contributed by atoms with Crippen LogP contribution in [-0.4, -0.2) is 62.2 Å². The Morgan fingerprint density at radius 3 is 2.73 bits per heavy atom. The van der Waals surface area contributed by atoms with Crippen LogP contribution in [0, 0.1) is 0 Å². The van der Waals surface area contributed by atoms with Crippen molar-refractivity contribution in [3.05, 3.63) is 23.6 Å². The minimum Gasteiger partial charge on any atom is -0.465 e. The predicted octanol–water partition coefficient (Wildman–Crippen LogP) is -0.621. The number of aliphatic hydroxyl groups excluding tert-OH is 1. The van der Waals surface area contributed by atoms with E-state index in [0.717, 1.165) is 19.4 Å². The van der Waals surface area contributed by atoms with Crippen molar-refractivity contribution >= 4 is 12.2 Å². The maximum Gasteiger partial charge on any atom is 0.340 e. The standard InChI is InChI=1S/C12H16N2O4.C2H6.CH4O/c1-9-8-17-6-4-14(9)11-7-13-18-5-3-10(11)12(15)16-2;2*1-2/h3,5,7,9H,4,6,8H2,1-2H3;1-2H3;2H,1H3/p+1. The molecule has 0 saturated carbocycles. The van der Waals surface area contributed by atoms with E-state index in [0.29, 0.717) is 18.8 Å². The lowest BCUT2D eigenvalue weighted by Crippen LogP contribution is -2.67. The van der Waals surface area contributed by atoms with Gasteiger partial charge in [0.2, 0.25) is 6.21 Å². The molecule has 0 bridgehead atoms. The number of carbonyl (C=O) groups excluding carboxylic acids is 1. The van der Waals surface area contributed by atoms with Crippen LogP contribution >= 0.6 is 0 Å². The number of ether oxygens (including phenoxy) is 2. The average molecular weight is 315 g/mol. The van der Waals surface area contributed by atoms with Gasteiger partial charge in [-0.1, -0.05) is 13.8 Å². The molecular formula is C15H27N2O5+. The topological polar surface area (TPSA) is 82.2 Å². The number of morpholine rings is 1. The average Bonchev–Trinajstić information content (AvgIpc) is 2.84. The molecule has 126 valence electrons. The number of carbonyl (C=O) groups is 1. The smallest absolute Gasteiger partial charge is 0.340 e. The Labute approximate surface area is 131 Å². The lowest BCUT2D eigenvalue weighted by Gasteiger charge is -2.35. The molecule has 22 heavy (non-hydrogen) atoms. The quantitative estimate of drug-likeness (QED) is 0.661. The van der Waals surface area contributed by atoms with E-state index in [2.05, 4.69) is 10.1 Å². The number of allylic oxidation sites excluding steroid dienone is 1. The second-order valence-corrected chi connectivity index (χ2v) is 4.09. The number of hydrogen-bond donors (Lipinski definition) is 2. The number of methoxy groups -OCH3 is 1. The van der Waals surface area contributed by atoms with Crippen LogP contribution in [0.5, 0.6) is 0 Å². The highest BCUT2D eigenvalue weighted by molar-refractivity contribution is 5.97. The van der Waals surface area contributed by atoms with Crippen LogP contribution in [-0.2, 0) is 19.1 Å². The van der Waals surface area contributed by atoms with Crippen molar-refractivity contribution in [1.82, 2.24) is 4.90 Å². The van der Waals surface area contributed by atoms with Gasteiger partial charge in [-0.05, 0) is 18.2 Å². The molecule has 1 fully saturated rings. The summed E-state index contributed by atoms with van der Waals surface area (Å²) < 4.78 is 10.2. The number of esters is 1. The normalized spacial score (nSPS) is 19.9. The summed E-state index contributed by atoms with van der Waals surface area (Å²) >= 11 is 0. The summed E-state index contributed by atoms with van der Waals surface area (Å²) in [4.78, 5) is 18.9. The summed E-state index contributed by atoms with van der Waals surface area (Å²) in [6, 6.07) is 0.193. The Morgan fingerprint density at radius 1 is 1.45 bits per heavy atom. The van der Waals surface area contributed by atoms with Gasteiger partial charge in [0.1, 0.15) is 5.70 Å². The molecule has 2 aliphatic heterocycles. The number of nitrogens with zero attached hydrogens (tertiary/aromatic N) is 1. The van der Waals surface area contributed by atoms with Crippen LogP contribution in [0.25, 0.3) is 0 Å². The van der Waals surface area contributed by atoms with E-state index >= 15 is 0 Å². The van der Waals surface area contributed by atoms with E-state index in [1.54, 1.807) is 12.3 Å². The van der Waals surface area contributed by atoms with Crippen LogP contribution < -0.4 is 5.16 Å². The molecule has 1 saturated heterocycles. The van der Waals surface area contributed by atoms with Crippen molar-refractivity contribution in [2.24, 2.45) is 0 Å². The van der Waals surface area contributed by atoms with Gasteiger partial charge in [-0.15, -0.1) is 0 Å². The van der Waals surface area contributed by atoms with E-state index < -0.39 is 0 Å². The van der Waals surface area contributed by atoms with Gasteiger partial charge >= 0.3 is 5.97 Å². The van der Waals surface area contributed by atoms with Gasteiger partial charge in [0.05, 0.1) is 25.9 Å². The third-order valence-corrected chi connectivity index (χ3v) is 2.92. The van der Waals surface area contributed by atoms with Gasteiger partial charge < -0.3 is 19.5 Å². The molecule has 0 spiro atoms. The number of rotatable bonds is 2. The molecule has 0 aromatic heterocycles. The maximum absolute atomic E-state index is 11.8. The summed E-state index contributed by atoms with van der Waals surface area (Å²) in [5.41, 5.74) is 1.22. The first kappa shape index (κ1) is 20.1. The lowest BCUT2D eigenvalue weighted by atomic mass is 10.1. The molecule has 0 aromatic rings. The molecule has 2 N–H and O–H groups in total. The van der Waals surface area contributed by atoms with Crippen LogP contribution in [0.2, 0.25) is 0 Å². The number of hydrogen-bond acceptors (Lipinski definition) is 6. The van der Waals surface area contributed by atoms with Gasteiger partial charge in [0.25, 0.3) is 0 Å². The zero-order valence-electron chi connectivity index (χ0n) is 14.0. The first-order valence-corrected chi connectivity index (χ1v) is 7.26. The highest BCUT2D eigenvalue weighted by Crippen LogP contribution is 2.17. The first-order chi connectivity index (χ1) is 10.7. The van der Waals surface area contributed by atoms with Crippen molar-refractivity contribution in [1.29, 1.82) is 0 Å². The van der Waals surface area contributed by atoms with Crippen LogP contribution in [0.1, 0.15) is 20.8 Å². The number of aliphatic hydroxyl groups is 1. The van der Waals surface area contributed by atoms with Crippen molar-refractivity contribution in [3.63, 3.8) is 0 Å².